The molecule has 0 aliphatic carbocycles. The number of carbonyl (C=O) groups excluding carboxylic acids is 2. The molecule has 1 saturated heterocycles. The van der Waals surface area contributed by atoms with Crippen molar-refractivity contribution in [3.05, 3.63) is 53.1 Å². The lowest BCUT2D eigenvalue weighted by molar-refractivity contribution is -0.158. The van der Waals surface area contributed by atoms with Gasteiger partial charge in [0.1, 0.15) is 18.0 Å². The first-order valence-electron chi connectivity index (χ1n) is 11.5. The van der Waals surface area contributed by atoms with E-state index in [9.17, 15) is 14.7 Å². The van der Waals surface area contributed by atoms with Gasteiger partial charge in [-0.1, -0.05) is 12.1 Å². The van der Waals surface area contributed by atoms with Crippen LogP contribution in [0, 0.1) is 13.8 Å². The molecular weight excluding hydrogens is 436 g/mol. The van der Waals surface area contributed by atoms with Gasteiger partial charge in [-0.2, -0.15) is 0 Å². The summed E-state index contributed by atoms with van der Waals surface area (Å²) >= 11 is 0. The second kappa shape index (κ2) is 10.3. The van der Waals surface area contributed by atoms with Crippen molar-refractivity contribution in [2.24, 2.45) is 0 Å². The first kappa shape index (κ1) is 25.4. The molecule has 184 valence electrons. The normalized spacial score (nSPS) is 16.1. The fourth-order valence-electron chi connectivity index (χ4n) is 4.00. The van der Waals surface area contributed by atoms with Gasteiger partial charge in [-0.15, -0.1) is 0 Å². The number of carbonyl (C=O) groups is 2. The smallest absolute Gasteiger partial charge is 0.349 e. The Hall–Kier alpha value is -3.26. The SMILES string of the molecule is CCOC(=O)C(C)(C)Oc1c(C)cc(CN2C(=O)CN(c3ccc(OCC)cc3)C2O)cc1C. The second-order valence-electron chi connectivity index (χ2n) is 8.81. The number of nitrogens with zero attached hydrogens (tertiary/aromatic N) is 2. The molecule has 34 heavy (non-hydrogen) atoms. The monoisotopic (exact) mass is 470 g/mol. The molecule has 0 aromatic heterocycles. The van der Waals surface area contributed by atoms with Gasteiger partial charge >= 0.3 is 5.97 Å². The maximum absolute atomic E-state index is 12.7. The van der Waals surface area contributed by atoms with Crippen LogP contribution < -0.4 is 14.4 Å². The molecule has 1 fully saturated rings. The average molecular weight is 471 g/mol. The van der Waals surface area contributed by atoms with Crippen LogP contribution in [0.25, 0.3) is 0 Å². The predicted molar refractivity (Wildman–Crippen MR) is 129 cm³/mol. The van der Waals surface area contributed by atoms with Gasteiger partial charge < -0.3 is 24.2 Å². The third-order valence-electron chi connectivity index (χ3n) is 5.66. The highest BCUT2D eigenvalue weighted by atomic mass is 16.6. The topological polar surface area (TPSA) is 88.5 Å². The van der Waals surface area contributed by atoms with Crippen molar-refractivity contribution in [1.29, 1.82) is 0 Å². The lowest BCUT2D eigenvalue weighted by Crippen LogP contribution is -2.40. The van der Waals surface area contributed by atoms with Crippen molar-refractivity contribution in [3.8, 4) is 11.5 Å². The Morgan fingerprint density at radius 1 is 1.09 bits per heavy atom. The molecule has 8 heteroatoms. The van der Waals surface area contributed by atoms with E-state index in [-0.39, 0.29) is 25.6 Å². The van der Waals surface area contributed by atoms with Crippen LogP contribution in [0.2, 0.25) is 0 Å². The molecule has 8 nitrogen and oxygen atoms in total. The van der Waals surface area contributed by atoms with Crippen LogP contribution in [0.3, 0.4) is 0 Å². The largest absolute Gasteiger partial charge is 0.494 e. The molecule has 1 amide bonds. The Labute approximate surface area is 201 Å². The number of hydrogen-bond acceptors (Lipinski definition) is 7. The van der Waals surface area contributed by atoms with Crippen LogP contribution in [0.5, 0.6) is 11.5 Å². The van der Waals surface area contributed by atoms with Crippen LogP contribution in [0.1, 0.15) is 44.4 Å². The Bertz CT molecular complexity index is 1010. The molecule has 0 radical (unpaired) electrons. The minimum atomic E-state index is -1.13. The molecule has 2 aromatic carbocycles. The fourth-order valence-corrected chi connectivity index (χ4v) is 4.00. The number of rotatable bonds is 9. The zero-order valence-corrected chi connectivity index (χ0v) is 20.8. The van der Waals surface area contributed by atoms with E-state index >= 15 is 0 Å². The third kappa shape index (κ3) is 5.44. The summed E-state index contributed by atoms with van der Waals surface area (Å²) in [6.45, 7) is 12.0. The Balaban J connectivity index is 1.75. The molecule has 1 N–H and O–H groups in total. The van der Waals surface area contributed by atoms with Crippen LogP contribution in [-0.2, 0) is 20.9 Å². The van der Waals surface area contributed by atoms with E-state index in [0.717, 1.165) is 28.1 Å². The highest BCUT2D eigenvalue weighted by Gasteiger charge is 2.37. The average Bonchev–Trinajstić information content (AvgIpc) is 3.05. The van der Waals surface area contributed by atoms with Crippen LogP contribution >= 0.6 is 0 Å². The highest BCUT2D eigenvalue weighted by molar-refractivity contribution is 5.85. The zero-order valence-electron chi connectivity index (χ0n) is 20.8. The Morgan fingerprint density at radius 3 is 2.26 bits per heavy atom. The summed E-state index contributed by atoms with van der Waals surface area (Å²) in [5.41, 5.74) is 2.13. The van der Waals surface area contributed by atoms with Crippen molar-refractivity contribution in [1.82, 2.24) is 4.90 Å². The summed E-state index contributed by atoms with van der Waals surface area (Å²) in [5, 5.41) is 10.9. The number of hydrogen-bond donors (Lipinski definition) is 1. The van der Waals surface area contributed by atoms with Crippen molar-refractivity contribution in [2.45, 2.75) is 60.0 Å². The zero-order chi connectivity index (χ0) is 25.0. The number of amides is 1. The second-order valence-corrected chi connectivity index (χ2v) is 8.81. The molecule has 0 saturated carbocycles. The summed E-state index contributed by atoms with van der Waals surface area (Å²) in [6.07, 6.45) is -1.08. The number of aliphatic hydroxyl groups is 1. The first-order chi connectivity index (χ1) is 16.1. The van der Waals surface area contributed by atoms with E-state index in [1.807, 2.05) is 57.2 Å². The van der Waals surface area contributed by atoms with Gasteiger partial charge in [0.15, 0.2) is 5.60 Å². The number of esters is 1. The number of aryl methyl sites for hydroxylation is 2. The minimum Gasteiger partial charge on any atom is -0.494 e. The van der Waals surface area contributed by atoms with E-state index < -0.39 is 17.9 Å². The summed E-state index contributed by atoms with van der Waals surface area (Å²) in [7, 11) is 0. The van der Waals surface area contributed by atoms with Crippen LogP contribution in [-0.4, -0.2) is 53.6 Å². The molecule has 2 aromatic rings. The van der Waals surface area contributed by atoms with E-state index in [1.54, 1.807) is 25.7 Å². The Morgan fingerprint density at radius 2 is 1.71 bits per heavy atom. The Kier molecular flexibility index (Phi) is 7.71. The van der Waals surface area contributed by atoms with Crippen molar-refractivity contribution < 1.29 is 28.9 Å². The van der Waals surface area contributed by atoms with Crippen molar-refractivity contribution in [3.63, 3.8) is 0 Å². The van der Waals surface area contributed by atoms with Crippen LogP contribution in [0.4, 0.5) is 5.69 Å². The summed E-state index contributed by atoms with van der Waals surface area (Å²) in [5.74, 6) is 0.743. The van der Waals surface area contributed by atoms with Gasteiger partial charge in [0.2, 0.25) is 12.3 Å². The summed E-state index contributed by atoms with van der Waals surface area (Å²) in [6, 6.07) is 11.1. The van der Waals surface area contributed by atoms with Gasteiger partial charge in [0.05, 0.1) is 19.8 Å². The maximum Gasteiger partial charge on any atom is 0.349 e. The van der Waals surface area contributed by atoms with E-state index in [4.69, 9.17) is 14.2 Å². The van der Waals surface area contributed by atoms with Gasteiger partial charge in [-0.05, 0) is 82.5 Å². The molecule has 1 aliphatic rings. The third-order valence-corrected chi connectivity index (χ3v) is 5.66. The van der Waals surface area contributed by atoms with Gasteiger partial charge in [0.25, 0.3) is 0 Å². The number of benzene rings is 2. The number of anilines is 1. The van der Waals surface area contributed by atoms with Crippen molar-refractivity contribution >= 4 is 17.6 Å². The molecule has 0 spiro atoms. The highest BCUT2D eigenvalue weighted by Crippen LogP contribution is 2.31. The molecular formula is C26H34N2O6. The van der Waals surface area contributed by atoms with Gasteiger partial charge in [0, 0.05) is 5.69 Å². The van der Waals surface area contributed by atoms with Gasteiger partial charge in [-0.3, -0.25) is 9.69 Å². The van der Waals surface area contributed by atoms with Crippen LogP contribution in [0.15, 0.2) is 36.4 Å². The quantitative estimate of drug-likeness (QED) is 0.561. The number of aliphatic hydroxyl groups excluding tert-OH is 1. The molecule has 1 aliphatic heterocycles. The molecule has 0 bridgehead atoms. The molecule has 3 rings (SSSR count). The fraction of sp³-hybridized carbons (Fsp3) is 0.462. The predicted octanol–water partition coefficient (Wildman–Crippen LogP) is 3.55. The summed E-state index contributed by atoms with van der Waals surface area (Å²) in [4.78, 5) is 28.0. The molecule has 1 heterocycles. The van der Waals surface area contributed by atoms with Gasteiger partial charge in [-0.25, -0.2) is 4.79 Å². The lowest BCUT2D eigenvalue weighted by Gasteiger charge is -2.28. The lowest BCUT2D eigenvalue weighted by atomic mass is 10.0. The van der Waals surface area contributed by atoms with E-state index in [0.29, 0.717) is 12.4 Å². The molecule has 1 atom stereocenters. The maximum atomic E-state index is 12.7. The first-order valence-corrected chi connectivity index (χ1v) is 11.5. The van der Waals surface area contributed by atoms with E-state index in [1.165, 1.54) is 4.90 Å². The molecule has 1 unspecified atom stereocenters. The minimum absolute atomic E-state index is 0.0854. The standard InChI is InChI=1S/C26H34N2O6/c1-7-32-21-11-9-20(10-12-21)27-16-22(29)28(25(27)31)15-19-13-17(3)23(18(4)14-19)34-26(5,6)24(30)33-8-2/h9-14,25,31H,7-8,15-16H2,1-6H3. The van der Waals surface area contributed by atoms with E-state index in [2.05, 4.69) is 0 Å². The number of ether oxygens (including phenoxy) is 3. The van der Waals surface area contributed by atoms with Crippen molar-refractivity contribution in [2.75, 3.05) is 24.7 Å². The summed E-state index contributed by atoms with van der Waals surface area (Å²) < 4.78 is 16.6.